The summed E-state index contributed by atoms with van der Waals surface area (Å²) in [6, 6.07) is 3.05. The summed E-state index contributed by atoms with van der Waals surface area (Å²) in [7, 11) is -1.90. The molecule has 5 atom stereocenters. The molecule has 0 aromatic carbocycles. The van der Waals surface area contributed by atoms with Crippen molar-refractivity contribution in [1.82, 2.24) is 9.55 Å². The Morgan fingerprint density at radius 1 is 0.933 bits per heavy atom. The molecule has 1 aromatic heterocycles. The second-order valence-electron chi connectivity index (χ2n) is 11.8. The van der Waals surface area contributed by atoms with Gasteiger partial charge in [-0.3, -0.25) is 14.3 Å². The van der Waals surface area contributed by atoms with Crippen molar-refractivity contribution in [1.29, 1.82) is 5.26 Å². The number of unbranched alkanes of at least 4 members (excludes halogenated alkanes) is 13. The third-order valence-electron chi connectivity index (χ3n) is 7.85. The first-order chi connectivity index (χ1) is 21.8. The van der Waals surface area contributed by atoms with Gasteiger partial charge in [-0.1, -0.05) is 90.4 Å². The van der Waals surface area contributed by atoms with E-state index in [9.17, 15) is 14.7 Å². The quantitative estimate of drug-likeness (QED) is 0.0788. The highest BCUT2D eigenvalue weighted by atomic mass is 31.2. The second-order valence-corrected chi connectivity index (χ2v) is 13.0. The number of ether oxygens (including phenoxy) is 2. The maximum Gasteiger partial charge on any atom is 0.332 e. The highest BCUT2D eigenvalue weighted by molar-refractivity contribution is 7.41. The smallest absolute Gasteiger partial charge is 0.332 e. The molecular weight excluding hydrogens is 604 g/mol. The molecule has 2 N–H and O–H groups in total. The maximum absolute atomic E-state index is 15.4. The first kappa shape index (κ1) is 39.5. The van der Waals surface area contributed by atoms with Crippen LogP contribution in [0.1, 0.15) is 123 Å². The summed E-state index contributed by atoms with van der Waals surface area (Å²) < 4.78 is 44.6. The second kappa shape index (κ2) is 23.6. The van der Waals surface area contributed by atoms with E-state index in [0.717, 1.165) is 30.2 Å². The lowest BCUT2D eigenvalue weighted by Gasteiger charge is -2.24. The minimum absolute atomic E-state index is 0.0854. The first-order valence-electron chi connectivity index (χ1n) is 16.8. The number of aliphatic hydroxyl groups is 1. The Kier molecular flexibility index (Phi) is 20.7. The van der Waals surface area contributed by atoms with Gasteiger partial charge in [0.1, 0.15) is 12.2 Å². The Balaban J connectivity index is 1.57. The van der Waals surface area contributed by atoms with E-state index in [1.54, 1.807) is 0 Å². The molecule has 2 rings (SSSR count). The number of alkyl halides is 1. The number of aromatic amines is 1. The van der Waals surface area contributed by atoms with Crippen LogP contribution in [0.3, 0.4) is 0 Å². The van der Waals surface area contributed by atoms with Crippen molar-refractivity contribution >= 4 is 8.60 Å². The molecule has 0 aliphatic carbocycles. The molecule has 11 nitrogen and oxygen atoms in total. The molecule has 1 unspecified atom stereocenters. The van der Waals surface area contributed by atoms with E-state index >= 15 is 4.39 Å². The predicted octanol–water partition coefficient (Wildman–Crippen LogP) is 6.60. The van der Waals surface area contributed by atoms with Gasteiger partial charge in [-0.15, -0.1) is 0 Å². The first-order valence-corrected chi connectivity index (χ1v) is 17.9. The Morgan fingerprint density at radius 3 is 2.11 bits per heavy atom. The summed E-state index contributed by atoms with van der Waals surface area (Å²) >= 11 is 0. The van der Waals surface area contributed by atoms with Crippen LogP contribution in [-0.4, -0.2) is 65.6 Å². The number of hydrogen-bond acceptors (Lipinski definition) is 9. The number of nitrogens with one attached hydrogen (secondary N) is 1. The van der Waals surface area contributed by atoms with E-state index in [1.807, 2.05) is 11.1 Å². The fraction of sp³-hybridized carbons (Fsp3) is 0.844. The van der Waals surface area contributed by atoms with Crippen LogP contribution in [0.25, 0.3) is 0 Å². The lowest BCUT2D eigenvalue weighted by Crippen LogP contribution is -2.43. The molecule has 0 amide bonds. The average molecular weight is 660 g/mol. The van der Waals surface area contributed by atoms with Gasteiger partial charge < -0.3 is 28.2 Å². The summed E-state index contributed by atoms with van der Waals surface area (Å²) in [4.78, 5) is 25.6. The van der Waals surface area contributed by atoms with E-state index in [0.29, 0.717) is 26.2 Å². The number of H-pyrrole nitrogens is 1. The van der Waals surface area contributed by atoms with E-state index in [-0.39, 0.29) is 19.6 Å². The average Bonchev–Trinajstić information content (AvgIpc) is 3.24. The van der Waals surface area contributed by atoms with Gasteiger partial charge in [0, 0.05) is 25.5 Å². The summed E-state index contributed by atoms with van der Waals surface area (Å²) in [5.74, 6) is 0. The lowest BCUT2D eigenvalue weighted by atomic mass is 9.98. The van der Waals surface area contributed by atoms with Gasteiger partial charge in [-0.05, 0) is 19.8 Å². The third-order valence-corrected chi connectivity index (χ3v) is 8.99. The number of aliphatic hydroxyl groups excluding tert-OH is 1. The zero-order valence-electron chi connectivity index (χ0n) is 27.3. The van der Waals surface area contributed by atoms with E-state index < -0.39 is 44.0 Å². The molecular formula is C32H55FN3O8P. The van der Waals surface area contributed by atoms with Crippen LogP contribution in [0.4, 0.5) is 4.39 Å². The van der Waals surface area contributed by atoms with Crippen molar-refractivity contribution in [3.05, 3.63) is 33.1 Å². The van der Waals surface area contributed by atoms with E-state index in [1.165, 1.54) is 83.5 Å². The van der Waals surface area contributed by atoms with Crippen LogP contribution in [0, 0.1) is 11.3 Å². The maximum atomic E-state index is 15.4. The fourth-order valence-corrected chi connectivity index (χ4v) is 6.19. The highest BCUT2D eigenvalue weighted by Gasteiger charge is 2.55. The molecule has 258 valence electrons. The van der Waals surface area contributed by atoms with E-state index in [4.69, 9.17) is 28.3 Å². The molecule has 1 fully saturated rings. The SMILES string of the molecule is CCCCCCCCCCCCCCCCOCCCOP(OCCC#N)OC[C@H]1O[C@@H](n2ccc(=O)[nH]c2=O)[C@](C)(F)[C@@H]1O. The van der Waals surface area contributed by atoms with Gasteiger partial charge >= 0.3 is 14.3 Å². The Hall–Kier alpha value is -1.71. The number of aromatic nitrogens is 2. The number of hydrogen-bond donors (Lipinski definition) is 2. The highest BCUT2D eigenvalue weighted by Crippen LogP contribution is 2.44. The molecule has 0 bridgehead atoms. The van der Waals surface area contributed by atoms with Gasteiger partial charge in [0.2, 0.25) is 0 Å². The molecule has 1 aliphatic heterocycles. The Labute approximate surface area is 268 Å². The van der Waals surface area contributed by atoms with Crippen molar-refractivity contribution in [3.63, 3.8) is 0 Å². The number of nitriles is 1. The Bertz CT molecular complexity index is 1070. The van der Waals surface area contributed by atoms with Gasteiger partial charge in [-0.2, -0.15) is 5.26 Å². The molecule has 0 spiro atoms. The lowest BCUT2D eigenvalue weighted by molar-refractivity contribution is -0.0602. The van der Waals surface area contributed by atoms with Gasteiger partial charge in [-0.25, -0.2) is 9.18 Å². The van der Waals surface area contributed by atoms with Crippen molar-refractivity contribution in [2.24, 2.45) is 0 Å². The molecule has 0 saturated carbocycles. The van der Waals surface area contributed by atoms with Crippen molar-refractivity contribution in [2.45, 2.75) is 141 Å². The van der Waals surface area contributed by atoms with Crippen LogP contribution in [0.5, 0.6) is 0 Å². The summed E-state index contributed by atoms with van der Waals surface area (Å²) in [5.41, 5.74) is -3.83. The predicted molar refractivity (Wildman–Crippen MR) is 172 cm³/mol. The van der Waals surface area contributed by atoms with Gasteiger partial charge in [0.05, 0.1) is 32.3 Å². The molecule has 1 aromatic rings. The summed E-state index contributed by atoms with van der Waals surface area (Å²) in [6.45, 7) is 4.71. The van der Waals surface area contributed by atoms with Crippen molar-refractivity contribution < 1.29 is 32.5 Å². The van der Waals surface area contributed by atoms with Crippen LogP contribution < -0.4 is 11.2 Å². The Morgan fingerprint density at radius 2 is 1.51 bits per heavy atom. The van der Waals surface area contributed by atoms with Gasteiger partial charge in [0.25, 0.3) is 5.56 Å². The number of halogens is 1. The zero-order chi connectivity index (χ0) is 32.8. The summed E-state index contributed by atoms with van der Waals surface area (Å²) in [5, 5.41) is 19.4. The fourth-order valence-electron chi connectivity index (χ4n) is 5.18. The molecule has 45 heavy (non-hydrogen) atoms. The summed E-state index contributed by atoms with van der Waals surface area (Å²) in [6.07, 6.45) is 16.1. The zero-order valence-corrected chi connectivity index (χ0v) is 28.2. The van der Waals surface area contributed by atoms with Crippen LogP contribution >= 0.6 is 8.60 Å². The van der Waals surface area contributed by atoms with Crippen molar-refractivity contribution in [2.75, 3.05) is 33.0 Å². The normalized spacial score (nSPS) is 22.1. The monoisotopic (exact) mass is 659 g/mol. The largest absolute Gasteiger partial charge is 0.387 e. The van der Waals surface area contributed by atoms with Crippen LogP contribution in [0.2, 0.25) is 0 Å². The topological polar surface area (TPSA) is 145 Å². The standard InChI is InChI=1S/C32H55FN3O8P/c1-3-4-5-6-7-8-9-10-11-12-13-14-15-16-22-40-23-18-25-42-45(41-24-17-20-34)43-26-27-29(38)32(2,33)30(44-27)36-21-19-28(37)35-31(36)39/h19,21,27,29-30,38H,3-18,22-26H2,1-2H3,(H,35,37,39)/t27-,29-,30-,32-,45?/m1/s1. The molecule has 2 heterocycles. The minimum Gasteiger partial charge on any atom is -0.387 e. The molecule has 13 heteroatoms. The molecule has 0 radical (unpaired) electrons. The van der Waals surface area contributed by atoms with Crippen LogP contribution in [0.15, 0.2) is 21.9 Å². The number of rotatable bonds is 27. The minimum atomic E-state index is -2.34. The molecule has 1 aliphatic rings. The van der Waals surface area contributed by atoms with Crippen LogP contribution in [-0.2, 0) is 23.0 Å². The van der Waals surface area contributed by atoms with Gasteiger partial charge in [0.15, 0.2) is 11.9 Å². The van der Waals surface area contributed by atoms with Crippen molar-refractivity contribution in [3.8, 4) is 6.07 Å². The number of nitrogens with zero attached hydrogens (tertiary/aromatic N) is 2. The third kappa shape index (κ3) is 15.6. The van der Waals surface area contributed by atoms with E-state index in [2.05, 4.69) is 6.92 Å². The molecule has 1 saturated heterocycles.